The number of imidazole rings is 2. The normalized spacial score (nSPS) is 12.2. The summed E-state index contributed by atoms with van der Waals surface area (Å²) in [6.07, 6.45) is 0. The van der Waals surface area contributed by atoms with E-state index in [9.17, 15) is 0 Å². The van der Waals surface area contributed by atoms with Gasteiger partial charge in [0.15, 0.2) is 5.58 Å². The molecule has 0 aliphatic carbocycles. The maximum absolute atomic E-state index is 6.73. The lowest BCUT2D eigenvalue weighted by Gasteiger charge is -2.07. The zero-order chi connectivity index (χ0) is 19.8. The molecule has 0 unspecified atom stereocenters. The summed E-state index contributed by atoms with van der Waals surface area (Å²) in [6, 6.07) is 28.5. The third kappa shape index (κ3) is 1.94. The van der Waals surface area contributed by atoms with E-state index in [4.69, 9.17) is 21.0 Å². The summed E-state index contributed by atoms with van der Waals surface area (Å²) in [5.41, 5.74) is 6.54. The van der Waals surface area contributed by atoms with E-state index in [0.717, 1.165) is 55.5 Å². The molecular weight excluding hydrogens is 394 g/mol. The van der Waals surface area contributed by atoms with E-state index >= 15 is 0 Å². The zero-order valence-electron chi connectivity index (χ0n) is 15.7. The van der Waals surface area contributed by atoms with E-state index in [2.05, 4.69) is 45.4 Å². The molecule has 5 heteroatoms. The van der Waals surface area contributed by atoms with Gasteiger partial charge in [-0.2, -0.15) is 0 Å². The monoisotopic (exact) mass is 407 g/mol. The van der Waals surface area contributed by atoms with Gasteiger partial charge in [-0.05, 0) is 36.4 Å². The Balaban J connectivity index is 1.74. The fourth-order valence-electron chi connectivity index (χ4n) is 4.54. The lowest BCUT2D eigenvalue weighted by atomic mass is 10.1. The Kier molecular flexibility index (Phi) is 3.03. The number of aromatic nitrogens is 3. The number of benzene rings is 4. The van der Waals surface area contributed by atoms with E-state index in [1.807, 2.05) is 48.5 Å². The molecule has 0 fully saturated rings. The van der Waals surface area contributed by atoms with Crippen LogP contribution in [0.15, 0.2) is 89.3 Å². The van der Waals surface area contributed by atoms with Gasteiger partial charge in [0.1, 0.15) is 5.58 Å². The highest BCUT2D eigenvalue weighted by Gasteiger charge is 2.21. The minimum Gasteiger partial charge on any atom is -0.454 e. The minimum atomic E-state index is 0.676. The van der Waals surface area contributed by atoms with Gasteiger partial charge in [0.2, 0.25) is 5.78 Å². The Morgan fingerprint density at radius 2 is 1.50 bits per heavy atom. The third-order valence-corrected chi connectivity index (χ3v) is 6.10. The highest BCUT2D eigenvalue weighted by molar-refractivity contribution is 6.35. The molecule has 142 valence electrons. The van der Waals surface area contributed by atoms with Crippen molar-refractivity contribution in [1.82, 2.24) is 14.0 Å². The van der Waals surface area contributed by atoms with Crippen LogP contribution in [0.5, 0.6) is 0 Å². The molecule has 0 saturated heterocycles. The fraction of sp³-hybridized carbons (Fsp3) is 0. The van der Waals surface area contributed by atoms with E-state index in [0.29, 0.717) is 5.02 Å². The summed E-state index contributed by atoms with van der Waals surface area (Å²) >= 11 is 6.73. The summed E-state index contributed by atoms with van der Waals surface area (Å²) in [5, 5.41) is 2.85. The summed E-state index contributed by atoms with van der Waals surface area (Å²) in [7, 11) is 0. The molecule has 0 aliphatic rings. The molecule has 7 aromatic rings. The summed E-state index contributed by atoms with van der Waals surface area (Å²) in [4.78, 5) is 4.96. The van der Waals surface area contributed by atoms with Crippen LogP contribution < -0.4 is 0 Å². The molecule has 0 bridgehead atoms. The van der Waals surface area contributed by atoms with Crippen LogP contribution in [0.2, 0.25) is 5.02 Å². The van der Waals surface area contributed by atoms with Crippen molar-refractivity contribution in [3.05, 3.63) is 90.0 Å². The van der Waals surface area contributed by atoms with Crippen molar-refractivity contribution in [2.45, 2.75) is 0 Å². The number of hydrogen-bond donors (Lipinski definition) is 0. The van der Waals surface area contributed by atoms with Crippen molar-refractivity contribution in [2.75, 3.05) is 0 Å². The minimum absolute atomic E-state index is 0.676. The molecule has 0 atom stereocenters. The van der Waals surface area contributed by atoms with Crippen LogP contribution in [0.3, 0.4) is 0 Å². The van der Waals surface area contributed by atoms with Crippen LogP contribution in [0.25, 0.3) is 55.5 Å². The van der Waals surface area contributed by atoms with Crippen molar-refractivity contribution in [2.24, 2.45) is 0 Å². The highest BCUT2D eigenvalue weighted by Crippen LogP contribution is 2.38. The fourth-order valence-corrected chi connectivity index (χ4v) is 4.80. The van der Waals surface area contributed by atoms with Gasteiger partial charge in [-0.1, -0.05) is 60.1 Å². The first-order valence-corrected chi connectivity index (χ1v) is 10.2. The van der Waals surface area contributed by atoms with Gasteiger partial charge < -0.3 is 4.42 Å². The predicted molar refractivity (Wildman–Crippen MR) is 122 cm³/mol. The van der Waals surface area contributed by atoms with Gasteiger partial charge in [-0.15, -0.1) is 0 Å². The number of hydrogen-bond acceptors (Lipinski definition) is 2. The molecule has 0 aliphatic heterocycles. The Bertz CT molecular complexity index is 1770. The molecule has 0 amide bonds. The number of para-hydroxylation sites is 5. The number of fused-ring (bicyclic) bond motifs is 8. The Hall–Kier alpha value is -3.76. The SMILES string of the molecule is Clc1cccc2c1n(-c1cccc3c1oc1ccccc13)c1nc3ccccc3n21. The molecule has 0 radical (unpaired) electrons. The van der Waals surface area contributed by atoms with E-state index < -0.39 is 0 Å². The lowest BCUT2D eigenvalue weighted by Crippen LogP contribution is -1.96. The molecule has 4 aromatic carbocycles. The maximum atomic E-state index is 6.73. The van der Waals surface area contributed by atoms with Crippen LogP contribution in [0.4, 0.5) is 0 Å². The molecule has 4 nitrogen and oxygen atoms in total. The standard InChI is InChI=1S/C25H14ClN3O/c26-17-9-6-12-20-23(17)29(25-27-18-10-2-3-11-19(18)28(20)25)21-13-5-8-16-15-7-1-4-14-22(15)30-24(16)21/h1-14H. The first-order valence-electron chi connectivity index (χ1n) is 9.78. The van der Waals surface area contributed by atoms with Gasteiger partial charge in [0.25, 0.3) is 0 Å². The van der Waals surface area contributed by atoms with Crippen molar-refractivity contribution in [3.63, 3.8) is 0 Å². The highest BCUT2D eigenvalue weighted by atomic mass is 35.5. The van der Waals surface area contributed by atoms with Gasteiger partial charge in [0.05, 0.1) is 32.8 Å². The lowest BCUT2D eigenvalue weighted by molar-refractivity contribution is 0.666. The largest absolute Gasteiger partial charge is 0.454 e. The quantitative estimate of drug-likeness (QED) is 0.294. The van der Waals surface area contributed by atoms with Gasteiger partial charge >= 0.3 is 0 Å². The van der Waals surface area contributed by atoms with Crippen molar-refractivity contribution in [1.29, 1.82) is 0 Å². The number of nitrogens with zero attached hydrogens (tertiary/aromatic N) is 3. The Labute approximate surface area is 175 Å². The molecule has 7 rings (SSSR count). The van der Waals surface area contributed by atoms with Crippen LogP contribution in [-0.4, -0.2) is 14.0 Å². The average molecular weight is 408 g/mol. The second-order valence-electron chi connectivity index (χ2n) is 7.43. The second-order valence-corrected chi connectivity index (χ2v) is 7.84. The van der Waals surface area contributed by atoms with Crippen LogP contribution >= 0.6 is 11.6 Å². The second kappa shape index (κ2) is 5.65. The van der Waals surface area contributed by atoms with Crippen molar-refractivity contribution >= 4 is 61.4 Å². The van der Waals surface area contributed by atoms with Crippen molar-refractivity contribution in [3.8, 4) is 5.69 Å². The van der Waals surface area contributed by atoms with E-state index in [-0.39, 0.29) is 0 Å². The molecule has 3 aromatic heterocycles. The number of furan rings is 1. The van der Waals surface area contributed by atoms with Gasteiger partial charge in [-0.25, -0.2) is 4.98 Å². The molecule has 0 saturated carbocycles. The summed E-state index contributed by atoms with van der Waals surface area (Å²) in [5.74, 6) is 0.812. The molecule has 0 spiro atoms. The Morgan fingerprint density at radius 3 is 2.47 bits per heavy atom. The van der Waals surface area contributed by atoms with Crippen LogP contribution in [0, 0.1) is 0 Å². The van der Waals surface area contributed by atoms with Crippen LogP contribution in [0.1, 0.15) is 0 Å². The van der Waals surface area contributed by atoms with Crippen LogP contribution in [-0.2, 0) is 0 Å². The van der Waals surface area contributed by atoms with E-state index in [1.165, 1.54) is 0 Å². The van der Waals surface area contributed by atoms with Gasteiger partial charge in [0, 0.05) is 10.8 Å². The topological polar surface area (TPSA) is 35.4 Å². The Morgan fingerprint density at radius 1 is 0.733 bits per heavy atom. The predicted octanol–water partition coefficient (Wildman–Crippen LogP) is 6.98. The number of halogens is 1. The van der Waals surface area contributed by atoms with Gasteiger partial charge in [-0.3, -0.25) is 8.97 Å². The first-order chi connectivity index (χ1) is 14.8. The number of rotatable bonds is 1. The third-order valence-electron chi connectivity index (χ3n) is 5.80. The average Bonchev–Trinajstić information content (AvgIpc) is 3.43. The molecule has 3 heterocycles. The summed E-state index contributed by atoms with van der Waals surface area (Å²) < 4.78 is 10.6. The molecule has 30 heavy (non-hydrogen) atoms. The molecular formula is C25H14ClN3O. The van der Waals surface area contributed by atoms with Crippen molar-refractivity contribution < 1.29 is 4.42 Å². The summed E-state index contributed by atoms with van der Waals surface area (Å²) in [6.45, 7) is 0. The van der Waals surface area contributed by atoms with E-state index in [1.54, 1.807) is 0 Å². The first kappa shape index (κ1) is 16.1. The molecule has 0 N–H and O–H groups in total. The smallest absolute Gasteiger partial charge is 0.220 e. The zero-order valence-corrected chi connectivity index (χ0v) is 16.5. The maximum Gasteiger partial charge on any atom is 0.220 e.